The minimum atomic E-state index is -4.22. The maximum atomic E-state index is 13.4. The third-order valence-electron chi connectivity index (χ3n) is 6.14. The Kier molecular flexibility index (Phi) is 9.12. The Morgan fingerprint density at radius 1 is 0.929 bits per heavy atom. The Balaban J connectivity index is 1.75. The number of hydrogen-bond acceptors (Lipinski definition) is 8. The molecule has 3 aromatic rings. The van der Waals surface area contributed by atoms with Gasteiger partial charge >= 0.3 is 16.1 Å². The van der Waals surface area contributed by atoms with E-state index in [9.17, 15) is 22.8 Å². The van der Waals surface area contributed by atoms with E-state index in [4.69, 9.17) is 13.7 Å². The number of imide groups is 2. The number of urea groups is 1. The smallest absolute Gasteiger partial charge is 0.339 e. The summed E-state index contributed by atoms with van der Waals surface area (Å²) in [6.45, 7) is 9.75. The Morgan fingerprint density at radius 3 is 2.21 bits per heavy atom. The Labute approximate surface area is 244 Å². The van der Waals surface area contributed by atoms with Gasteiger partial charge in [0.05, 0.1) is 18.9 Å². The number of carbonyl (C=O) groups is 3. The van der Waals surface area contributed by atoms with Crippen molar-refractivity contribution in [2.24, 2.45) is 0 Å². The molecule has 1 fully saturated rings. The molecule has 4 amide bonds. The fourth-order valence-electron chi connectivity index (χ4n) is 4.21. The van der Waals surface area contributed by atoms with Gasteiger partial charge in [-0.2, -0.15) is 8.42 Å². The molecule has 11 heteroatoms. The number of allylic oxidation sites excluding steroid dienone is 1. The van der Waals surface area contributed by atoms with Crippen LogP contribution in [0.5, 0.6) is 17.2 Å². The second kappa shape index (κ2) is 12.7. The molecule has 0 atom stereocenters. The zero-order valence-electron chi connectivity index (χ0n) is 23.4. The number of barbiturate groups is 1. The standard InChI is InChI=1S/C31H30N2O8S/c1-5-8-22-17-21(19-27(40-7-3)28(22)41-42(37,38)25-15-9-20(4)10-16-25)18-26-29(34)32-31(36)33(30(26)35)23-11-13-24(14-12-23)39-6-2/h5,9-19H,1,6-8H2,2-4H3,(H,32,34,36)/b26-18+. The molecule has 0 unspecified atom stereocenters. The molecule has 0 aliphatic carbocycles. The van der Waals surface area contributed by atoms with Crippen molar-refractivity contribution in [3.05, 3.63) is 95.6 Å². The molecule has 0 aromatic heterocycles. The predicted molar refractivity (Wildman–Crippen MR) is 157 cm³/mol. The van der Waals surface area contributed by atoms with E-state index < -0.39 is 28.0 Å². The van der Waals surface area contributed by atoms with Crippen LogP contribution in [0.2, 0.25) is 0 Å². The first kappa shape index (κ1) is 30.1. The van der Waals surface area contributed by atoms with Crippen LogP contribution in [-0.4, -0.2) is 39.5 Å². The van der Waals surface area contributed by atoms with Crippen LogP contribution in [0, 0.1) is 6.92 Å². The first-order chi connectivity index (χ1) is 20.1. The molecule has 1 heterocycles. The number of nitrogens with one attached hydrogen (secondary N) is 1. The van der Waals surface area contributed by atoms with Crippen molar-refractivity contribution < 1.29 is 36.5 Å². The van der Waals surface area contributed by atoms with Gasteiger partial charge in [0.2, 0.25) is 0 Å². The zero-order valence-corrected chi connectivity index (χ0v) is 24.2. The van der Waals surface area contributed by atoms with Crippen LogP contribution in [0.3, 0.4) is 0 Å². The number of aryl methyl sites for hydroxylation is 1. The van der Waals surface area contributed by atoms with Gasteiger partial charge < -0.3 is 13.7 Å². The fraction of sp³-hybridized carbons (Fsp3) is 0.194. The van der Waals surface area contributed by atoms with E-state index >= 15 is 0 Å². The number of hydrogen-bond donors (Lipinski definition) is 1. The summed E-state index contributed by atoms with van der Waals surface area (Å²) in [5.41, 5.74) is 1.55. The number of anilines is 1. The Bertz CT molecular complexity index is 1660. The average Bonchev–Trinajstić information content (AvgIpc) is 2.94. The summed E-state index contributed by atoms with van der Waals surface area (Å²) in [7, 11) is -4.22. The van der Waals surface area contributed by atoms with Gasteiger partial charge in [0.1, 0.15) is 16.2 Å². The number of amides is 4. The molecule has 1 saturated heterocycles. The molecule has 0 radical (unpaired) electrons. The topological polar surface area (TPSA) is 128 Å². The SMILES string of the molecule is C=CCc1cc(/C=C2\C(=O)NC(=O)N(c3ccc(OCC)cc3)C2=O)cc(OCC)c1OS(=O)(=O)c1ccc(C)cc1. The average molecular weight is 591 g/mol. The van der Waals surface area contributed by atoms with Crippen LogP contribution in [0.15, 0.2) is 83.8 Å². The van der Waals surface area contributed by atoms with Gasteiger partial charge in [0, 0.05) is 5.56 Å². The van der Waals surface area contributed by atoms with Crippen molar-refractivity contribution >= 4 is 39.7 Å². The van der Waals surface area contributed by atoms with Crippen molar-refractivity contribution in [3.8, 4) is 17.2 Å². The van der Waals surface area contributed by atoms with Crippen LogP contribution < -0.4 is 23.9 Å². The highest BCUT2D eigenvalue weighted by Crippen LogP contribution is 2.37. The number of ether oxygens (including phenoxy) is 2. The van der Waals surface area contributed by atoms with Gasteiger partial charge in [-0.25, -0.2) is 9.69 Å². The maximum absolute atomic E-state index is 13.4. The lowest BCUT2D eigenvalue weighted by Crippen LogP contribution is -2.54. The summed E-state index contributed by atoms with van der Waals surface area (Å²) in [5.74, 6) is -1.11. The quantitative estimate of drug-likeness (QED) is 0.144. The molecule has 42 heavy (non-hydrogen) atoms. The van der Waals surface area contributed by atoms with Crippen LogP contribution in [-0.2, 0) is 26.1 Å². The van der Waals surface area contributed by atoms with E-state index in [0.29, 0.717) is 23.5 Å². The lowest BCUT2D eigenvalue weighted by atomic mass is 10.0. The van der Waals surface area contributed by atoms with Crippen molar-refractivity contribution in [2.75, 3.05) is 18.1 Å². The maximum Gasteiger partial charge on any atom is 0.339 e. The van der Waals surface area contributed by atoms with Crippen molar-refractivity contribution in [1.82, 2.24) is 5.32 Å². The highest BCUT2D eigenvalue weighted by molar-refractivity contribution is 7.87. The summed E-state index contributed by atoms with van der Waals surface area (Å²) >= 11 is 0. The summed E-state index contributed by atoms with van der Waals surface area (Å²) in [5, 5.41) is 2.19. The second-order valence-electron chi connectivity index (χ2n) is 9.17. The molecule has 10 nitrogen and oxygen atoms in total. The number of benzene rings is 3. The van der Waals surface area contributed by atoms with Crippen molar-refractivity contribution in [2.45, 2.75) is 32.1 Å². The van der Waals surface area contributed by atoms with E-state index in [1.165, 1.54) is 36.4 Å². The Morgan fingerprint density at radius 2 is 1.60 bits per heavy atom. The summed E-state index contributed by atoms with van der Waals surface area (Å²) in [6, 6.07) is 14.6. The summed E-state index contributed by atoms with van der Waals surface area (Å²) < 4.78 is 42.9. The fourth-order valence-corrected chi connectivity index (χ4v) is 5.19. The minimum Gasteiger partial charge on any atom is -0.494 e. The van der Waals surface area contributed by atoms with Crippen molar-refractivity contribution in [3.63, 3.8) is 0 Å². The van der Waals surface area contributed by atoms with Crippen LogP contribution >= 0.6 is 0 Å². The second-order valence-corrected chi connectivity index (χ2v) is 10.7. The monoisotopic (exact) mass is 590 g/mol. The third kappa shape index (κ3) is 6.52. The third-order valence-corrected chi connectivity index (χ3v) is 7.38. The Hall–Kier alpha value is -4.90. The molecular formula is C31H30N2O8S. The lowest BCUT2D eigenvalue weighted by Gasteiger charge is -2.26. The van der Waals surface area contributed by atoms with Crippen LogP contribution in [0.25, 0.3) is 6.08 Å². The van der Waals surface area contributed by atoms with E-state index in [1.807, 2.05) is 13.8 Å². The minimum absolute atomic E-state index is 0.0326. The van der Waals surface area contributed by atoms with E-state index in [-0.39, 0.29) is 40.7 Å². The van der Waals surface area contributed by atoms with Crippen LogP contribution in [0.1, 0.15) is 30.5 Å². The van der Waals surface area contributed by atoms with E-state index in [1.54, 1.807) is 43.3 Å². The van der Waals surface area contributed by atoms with Gasteiger partial charge in [-0.3, -0.25) is 14.9 Å². The first-order valence-corrected chi connectivity index (χ1v) is 14.5. The van der Waals surface area contributed by atoms with Gasteiger partial charge in [-0.05, 0) is 87.4 Å². The van der Waals surface area contributed by atoms with E-state index in [0.717, 1.165) is 10.5 Å². The van der Waals surface area contributed by atoms with E-state index in [2.05, 4.69) is 11.9 Å². The number of rotatable bonds is 11. The molecule has 1 aliphatic rings. The summed E-state index contributed by atoms with van der Waals surface area (Å²) in [6.07, 6.45) is 3.05. The van der Waals surface area contributed by atoms with Gasteiger partial charge in [-0.15, -0.1) is 6.58 Å². The molecule has 4 rings (SSSR count). The molecule has 0 bridgehead atoms. The van der Waals surface area contributed by atoms with Gasteiger partial charge in [-0.1, -0.05) is 23.8 Å². The molecule has 0 saturated carbocycles. The summed E-state index contributed by atoms with van der Waals surface area (Å²) in [4.78, 5) is 39.6. The molecule has 218 valence electrons. The number of carbonyl (C=O) groups excluding carboxylic acids is 3. The highest BCUT2D eigenvalue weighted by atomic mass is 32.2. The van der Waals surface area contributed by atoms with Gasteiger partial charge in [0.15, 0.2) is 11.5 Å². The zero-order chi connectivity index (χ0) is 30.4. The molecular weight excluding hydrogens is 560 g/mol. The normalized spacial score (nSPS) is 14.5. The molecule has 1 N–H and O–H groups in total. The van der Waals surface area contributed by atoms with Gasteiger partial charge in [0.25, 0.3) is 11.8 Å². The lowest BCUT2D eigenvalue weighted by molar-refractivity contribution is -0.122. The van der Waals surface area contributed by atoms with Crippen LogP contribution in [0.4, 0.5) is 10.5 Å². The molecule has 0 spiro atoms. The first-order valence-electron chi connectivity index (χ1n) is 13.1. The van der Waals surface area contributed by atoms with Crippen molar-refractivity contribution in [1.29, 1.82) is 0 Å². The molecule has 1 aliphatic heterocycles. The molecule has 3 aromatic carbocycles. The predicted octanol–water partition coefficient (Wildman–Crippen LogP) is 4.96. The number of nitrogens with zero attached hydrogens (tertiary/aromatic N) is 1. The largest absolute Gasteiger partial charge is 0.494 e. The highest BCUT2D eigenvalue weighted by Gasteiger charge is 2.37.